The number of hydrogen-bond acceptors (Lipinski definition) is 4. The van der Waals surface area contributed by atoms with Crippen molar-refractivity contribution in [3.63, 3.8) is 0 Å². The maximum Gasteiger partial charge on any atom is 0.354 e. The molecule has 0 atom stereocenters. The highest BCUT2D eigenvalue weighted by Crippen LogP contribution is 2.33. The molecular weight excluding hydrogens is 312 g/mol. The highest BCUT2D eigenvalue weighted by molar-refractivity contribution is 7.22. The molecule has 0 saturated carbocycles. The third-order valence-electron chi connectivity index (χ3n) is 3.32. The number of benzene rings is 1. The third-order valence-corrected chi connectivity index (χ3v) is 4.49. The van der Waals surface area contributed by atoms with E-state index < -0.39 is 5.97 Å². The zero-order valence-electron chi connectivity index (χ0n) is 12.4. The maximum atomic E-state index is 12.0. The number of carboxylic acids is 1. The van der Waals surface area contributed by atoms with Crippen LogP contribution < -0.4 is 5.32 Å². The Morgan fingerprint density at radius 1 is 1.17 bits per heavy atom. The van der Waals surface area contributed by atoms with Gasteiger partial charge in [0.1, 0.15) is 11.4 Å². The predicted octanol–water partition coefficient (Wildman–Crippen LogP) is 3.41. The SMILES string of the molecule is CCNC(=O)c1cc(-c2cc3ccccc3s2)cc(C(=O)O)n1. The first kappa shape index (κ1) is 15.2. The number of carbonyl (C=O) groups excluding carboxylic acids is 1. The van der Waals surface area contributed by atoms with Crippen LogP contribution in [0.1, 0.15) is 27.9 Å². The molecule has 3 aromatic rings. The van der Waals surface area contributed by atoms with Gasteiger partial charge in [-0.3, -0.25) is 4.79 Å². The fraction of sp³-hybridized carbons (Fsp3) is 0.118. The van der Waals surface area contributed by atoms with Crippen LogP contribution in [0.25, 0.3) is 20.5 Å². The molecular formula is C17H14N2O3S. The highest BCUT2D eigenvalue weighted by Gasteiger charge is 2.15. The predicted molar refractivity (Wildman–Crippen MR) is 90.0 cm³/mol. The summed E-state index contributed by atoms with van der Waals surface area (Å²) in [7, 11) is 0. The van der Waals surface area contributed by atoms with Crippen LogP contribution in [0.5, 0.6) is 0 Å². The van der Waals surface area contributed by atoms with Gasteiger partial charge in [0.05, 0.1) is 0 Å². The number of fused-ring (bicyclic) bond motifs is 1. The molecule has 6 heteroatoms. The average Bonchev–Trinajstić information content (AvgIpc) is 2.98. The maximum absolute atomic E-state index is 12.0. The molecule has 2 heterocycles. The third kappa shape index (κ3) is 3.07. The Balaban J connectivity index is 2.13. The fourth-order valence-corrected chi connectivity index (χ4v) is 3.32. The fourth-order valence-electron chi connectivity index (χ4n) is 2.27. The van der Waals surface area contributed by atoms with Crippen molar-refractivity contribution < 1.29 is 14.7 Å². The number of pyridine rings is 1. The summed E-state index contributed by atoms with van der Waals surface area (Å²) in [6, 6.07) is 13.0. The van der Waals surface area contributed by atoms with E-state index in [9.17, 15) is 14.7 Å². The van der Waals surface area contributed by atoms with Gasteiger partial charge in [0, 0.05) is 16.1 Å². The number of rotatable bonds is 4. The second-order valence-corrected chi connectivity index (χ2v) is 6.02. The van der Waals surface area contributed by atoms with Gasteiger partial charge in [-0.25, -0.2) is 9.78 Å². The lowest BCUT2D eigenvalue weighted by atomic mass is 10.1. The van der Waals surface area contributed by atoms with Crippen LogP contribution in [0, 0.1) is 0 Å². The van der Waals surface area contributed by atoms with Gasteiger partial charge in [0.15, 0.2) is 0 Å². The number of hydrogen-bond donors (Lipinski definition) is 2. The first-order valence-electron chi connectivity index (χ1n) is 7.11. The number of nitrogens with zero attached hydrogens (tertiary/aromatic N) is 1. The molecule has 0 radical (unpaired) electrons. The number of thiophene rings is 1. The first-order chi connectivity index (χ1) is 11.1. The van der Waals surface area contributed by atoms with Crippen LogP contribution in [0.15, 0.2) is 42.5 Å². The molecule has 0 unspecified atom stereocenters. The van der Waals surface area contributed by atoms with Crippen molar-refractivity contribution >= 4 is 33.3 Å². The minimum atomic E-state index is -1.15. The first-order valence-corrected chi connectivity index (χ1v) is 7.92. The molecule has 0 aliphatic heterocycles. The van der Waals surface area contributed by atoms with E-state index in [0.29, 0.717) is 12.1 Å². The topological polar surface area (TPSA) is 79.3 Å². The van der Waals surface area contributed by atoms with Crippen LogP contribution >= 0.6 is 11.3 Å². The minimum Gasteiger partial charge on any atom is -0.477 e. The Hall–Kier alpha value is -2.73. The smallest absolute Gasteiger partial charge is 0.354 e. The molecule has 5 nitrogen and oxygen atoms in total. The van der Waals surface area contributed by atoms with E-state index in [2.05, 4.69) is 10.3 Å². The Bertz CT molecular complexity index is 869. The number of aromatic carboxylic acids is 1. The molecule has 0 spiro atoms. The van der Waals surface area contributed by atoms with E-state index in [1.54, 1.807) is 24.3 Å². The molecule has 3 rings (SSSR count). The number of carboxylic acid groups (broad SMARTS) is 1. The molecule has 2 aromatic heterocycles. The van der Waals surface area contributed by atoms with Gasteiger partial charge in [0.25, 0.3) is 5.91 Å². The monoisotopic (exact) mass is 326 g/mol. The van der Waals surface area contributed by atoms with Crippen molar-refractivity contribution in [2.75, 3.05) is 6.54 Å². The summed E-state index contributed by atoms with van der Waals surface area (Å²) < 4.78 is 1.11. The molecule has 2 N–H and O–H groups in total. The molecule has 1 amide bonds. The van der Waals surface area contributed by atoms with Crippen LogP contribution in [-0.4, -0.2) is 28.5 Å². The van der Waals surface area contributed by atoms with Crippen LogP contribution in [0.2, 0.25) is 0 Å². The van der Waals surface area contributed by atoms with E-state index in [4.69, 9.17) is 0 Å². The molecule has 0 fully saturated rings. The lowest BCUT2D eigenvalue weighted by Gasteiger charge is -2.06. The second kappa shape index (κ2) is 6.18. The Morgan fingerprint density at radius 2 is 1.91 bits per heavy atom. The van der Waals surface area contributed by atoms with Crippen molar-refractivity contribution in [2.24, 2.45) is 0 Å². The van der Waals surface area contributed by atoms with E-state index in [0.717, 1.165) is 15.0 Å². The summed E-state index contributed by atoms with van der Waals surface area (Å²) in [6.45, 7) is 2.25. The van der Waals surface area contributed by atoms with Gasteiger partial charge >= 0.3 is 5.97 Å². The standard InChI is InChI=1S/C17H14N2O3S/c1-2-18-16(20)12-7-11(8-13(19-12)17(21)22)15-9-10-5-3-4-6-14(10)23-15/h3-9H,2H2,1H3,(H,18,20)(H,21,22). The summed E-state index contributed by atoms with van der Waals surface area (Å²) in [5.74, 6) is -1.53. The largest absolute Gasteiger partial charge is 0.477 e. The minimum absolute atomic E-state index is 0.110. The van der Waals surface area contributed by atoms with Gasteiger partial charge in [0.2, 0.25) is 0 Å². The molecule has 0 aliphatic carbocycles. The number of aromatic nitrogens is 1. The zero-order valence-corrected chi connectivity index (χ0v) is 13.2. The average molecular weight is 326 g/mol. The van der Waals surface area contributed by atoms with Gasteiger partial charge in [-0.15, -0.1) is 11.3 Å². The molecule has 1 aromatic carbocycles. The summed E-state index contributed by atoms with van der Waals surface area (Å²) in [4.78, 5) is 28.1. The van der Waals surface area contributed by atoms with Gasteiger partial charge in [-0.1, -0.05) is 18.2 Å². The van der Waals surface area contributed by atoms with Crippen LogP contribution in [0.4, 0.5) is 0 Å². The van der Waals surface area contributed by atoms with Gasteiger partial charge in [-0.2, -0.15) is 0 Å². The highest BCUT2D eigenvalue weighted by atomic mass is 32.1. The summed E-state index contributed by atoms with van der Waals surface area (Å²) >= 11 is 1.55. The second-order valence-electron chi connectivity index (χ2n) is 4.94. The number of carbonyl (C=O) groups is 2. The Morgan fingerprint density at radius 3 is 2.61 bits per heavy atom. The summed E-state index contributed by atoms with van der Waals surface area (Å²) in [6.07, 6.45) is 0. The molecule has 0 aliphatic rings. The summed E-state index contributed by atoms with van der Waals surface area (Å²) in [5, 5.41) is 13.0. The molecule has 23 heavy (non-hydrogen) atoms. The zero-order chi connectivity index (χ0) is 16.4. The van der Waals surface area contributed by atoms with E-state index in [1.165, 1.54) is 6.07 Å². The van der Waals surface area contributed by atoms with Crippen molar-refractivity contribution in [1.29, 1.82) is 0 Å². The Kier molecular flexibility index (Phi) is 4.08. The quantitative estimate of drug-likeness (QED) is 0.770. The van der Waals surface area contributed by atoms with Gasteiger partial charge in [-0.05, 0) is 42.1 Å². The lowest BCUT2D eigenvalue weighted by molar-refractivity contribution is 0.0690. The Labute approximate surface area is 136 Å². The van der Waals surface area contributed by atoms with E-state index in [-0.39, 0.29) is 17.3 Å². The van der Waals surface area contributed by atoms with Crippen molar-refractivity contribution in [2.45, 2.75) is 6.92 Å². The molecule has 0 saturated heterocycles. The van der Waals surface area contributed by atoms with Crippen LogP contribution in [-0.2, 0) is 0 Å². The van der Waals surface area contributed by atoms with E-state index >= 15 is 0 Å². The van der Waals surface area contributed by atoms with Crippen molar-refractivity contribution in [1.82, 2.24) is 10.3 Å². The number of amides is 1. The summed E-state index contributed by atoms with van der Waals surface area (Å²) in [5.41, 5.74) is 0.653. The van der Waals surface area contributed by atoms with Gasteiger partial charge < -0.3 is 10.4 Å². The normalized spacial score (nSPS) is 10.7. The van der Waals surface area contributed by atoms with Crippen molar-refractivity contribution in [3.8, 4) is 10.4 Å². The van der Waals surface area contributed by atoms with Crippen molar-refractivity contribution in [3.05, 3.63) is 53.9 Å². The molecule has 0 bridgehead atoms. The number of nitrogens with one attached hydrogen (secondary N) is 1. The molecule has 116 valence electrons. The van der Waals surface area contributed by atoms with Crippen LogP contribution in [0.3, 0.4) is 0 Å². The lowest BCUT2D eigenvalue weighted by Crippen LogP contribution is -2.24. The van der Waals surface area contributed by atoms with E-state index in [1.807, 2.05) is 30.3 Å².